The van der Waals surface area contributed by atoms with E-state index in [0.717, 1.165) is 51.2 Å². The quantitative estimate of drug-likeness (QED) is 0.0125. The molecule has 1 amide bonds. The normalized spacial score (nSPS) is 19.5. The number of rotatable bonds is 30. The third-order valence-electron chi connectivity index (χ3n) is 18.4. The van der Waals surface area contributed by atoms with Crippen LogP contribution in [0, 0.1) is 48.7 Å². The molecule has 24 heteroatoms. The minimum absolute atomic E-state index is 0.00345. The molecule has 8 rings (SSSR count). The number of methoxy groups -OCH3 is 1. The van der Waals surface area contributed by atoms with Crippen molar-refractivity contribution in [2.75, 3.05) is 30.7 Å². The molecule has 2 saturated carbocycles. The molecule has 4 aromatic heterocycles. The summed E-state index contributed by atoms with van der Waals surface area (Å²) in [6.45, 7) is 42.2. The van der Waals surface area contributed by atoms with Gasteiger partial charge in [-0.1, -0.05) is 156 Å². The number of fused-ring (bicyclic) bond motifs is 2. The molecule has 4 atom stereocenters. The van der Waals surface area contributed by atoms with E-state index in [0.29, 0.717) is 53.9 Å². The lowest BCUT2D eigenvalue weighted by atomic mass is 9.75. The Kier molecular flexibility index (Phi) is 26.3. The Morgan fingerprint density at radius 2 is 1.21 bits per heavy atom. The summed E-state index contributed by atoms with van der Waals surface area (Å²) >= 11 is 6.20. The summed E-state index contributed by atoms with van der Waals surface area (Å²) in [6, 6.07) is 11.2. The van der Waals surface area contributed by atoms with Crippen LogP contribution in [0.25, 0.3) is 32.4 Å². The monoisotopic (exact) mass is 1340 g/mol. The first-order valence-corrected chi connectivity index (χ1v) is 35.3. The zero-order valence-electron chi connectivity index (χ0n) is 56.6. The van der Waals surface area contributed by atoms with Crippen molar-refractivity contribution in [1.82, 2.24) is 34.1 Å². The molecule has 2 aromatic carbocycles. The molecule has 512 valence electrons. The summed E-state index contributed by atoms with van der Waals surface area (Å²) in [7, 11) is -2.19. The zero-order chi connectivity index (χ0) is 69.3. The Bertz CT molecular complexity index is 3870. The number of anilines is 1. The lowest BCUT2D eigenvalue weighted by molar-refractivity contribution is -0.113. The largest absolute Gasteiger partial charge is 0.496 e. The van der Waals surface area contributed by atoms with Gasteiger partial charge >= 0.3 is 24.0 Å². The predicted molar refractivity (Wildman–Crippen MR) is 367 cm³/mol. The fourth-order valence-corrected chi connectivity index (χ4v) is 14.9. The van der Waals surface area contributed by atoms with Crippen LogP contribution in [-0.2, 0) is 29.7 Å². The Morgan fingerprint density at radius 3 is 1.69 bits per heavy atom. The minimum atomic E-state index is -3.66. The highest BCUT2D eigenvalue weighted by atomic mass is 35.5. The van der Waals surface area contributed by atoms with Gasteiger partial charge in [-0.3, -0.25) is 14.9 Å². The summed E-state index contributed by atoms with van der Waals surface area (Å²) in [6.07, 6.45) is 17.8. The number of aromatic nitrogens is 6. The number of carbonyl (C=O) groups excluding carboxylic acids is 5. The van der Waals surface area contributed by atoms with Crippen LogP contribution in [0.3, 0.4) is 0 Å². The molecule has 2 aliphatic carbocycles. The first kappa shape index (κ1) is 74.0. The van der Waals surface area contributed by atoms with E-state index in [2.05, 4.69) is 77.4 Å². The molecule has 2 fully saturated rings. The molecule has 0 radical (unpaired) electrons. The first-order valence-electron chi connectivity index (χ1n) is 33.2. The van der Waals surface area contributed by atoms with Gasteiger partial charge in [0, 0.05) is 18.8 Å². The highest BCUT2D eigenvalue weighted by Crippen LogP contribution is 2.45. The smallest absolute Gasteiger partial charge is 0.416 e. The van der Waals surface area contributed by atoms with E-state index < -0.39 is 45.5 Å². The molecule has 4 heterocycles. The predicted octanol–water partition coefficient (Wildman–Crippen LogP) is 16.5. The van der Waals surface area contributed by atoms with Crippen LogP contribution in [0.5, 0.6) is 17.5 Å². The molecule has 22 nitrogen and oxygen atoms in total. The second kappa shape index (κ2) is 33.8. The number of sulfonamides is 1. The van der Waals surface area contributed by atoms with E-state index >= 15 is 0 Å². The molecule has 6 aromatic rings. The van der Waals surface area contributed by atoms with Crippen molar-refractivity contribution in [1.29, 1.82) is 0 Å². The molecule has 0 aliphatic heterocycles. The van der Waals surface area contributed by atoms with Gasteiger partial charge in [-0.15, -0.1) is 13.2 Å². The molecule has 3 N–H and O–H groups in total. The molecule has 4 unspecified atom stereocenters. The van der Waals surface area contributed by atoms with Gasteiger partial charge in [-0.2, -0.15) is 0 Å². The summed E-state index contributed by atoms with van der Waals surface area (Å²) in [5, 5.41) is 6.26. The fourth-order valence-electron chi connectivity index (χ4n) is 13.5. The lowest BCUT2D eigenvalue weighted by Crippen LogP contribution is -2.37. The van der Waals surface area contributed by atoms with Crippen molar-refractivity contribution in [3.63, 3.8) is 0 Å². The number of aromatic amines is 2. The van der Waals surface area contributed by atoms with Crippen molar-refractivity contribution in [3.05, 3.63) is 118 Å². The average molecular weight is 1350 g/mol. The Labute approximate surface area is 563 Å². The molecular weight excluding hydrogens is 1250 g/mol. The summed E-state index contributed by atoms with van der Waals surface area (Å²) in [5.41, 5.74) is -0.870. The van der Waals surface area contributed by atoms with Crippen molar-refractivity contribution >= 4 is 80.3 Å². The third kappa shape index (κ3) is 17.6. The maximum atomic E-state index is 14.1. The number of esters is 3. The molecule has 2 aliphatic rings. The highest BCUT2D eigenvalue weighted by molar-refractivity contribution is 7.92. The number of H-pyrrole nitrogens is 2. The second-order valence-corrected chi connectivity index (χ2v) is 28.0. The lowest BCUT2D eigenvalue weighted by Gasteiger charge is -2.37. The van der Waals surface area contributed by atoms with Crippen molar-refractivity contribution in [3.8, 4) is 28.9 Å². The number of unbranched alkanes of at least 4 members (excludes halogenated alkanes) is 9. The van der Waals surface area contributed by atoms with Crippen molar-refractivity contribution < 1.29 is 56.1 Å². The number of hydrogen-bond donors (Lipinski definition) is 3. The molecule has 0 spiro atoms. The Balaban J connectivity index is 0.000000286. The number of ether oxygens (including phenoxy) is 5. The Morgan fingerprint density at radius 1 is 0.716 bits per heavy atom. The summed E-state index contributed by atoms with van der Waals surface area (Å²) in [4.78, 5) is 84.3. The number of aldehydes is 1. The molecule has 0 bridgehead atoms. The van der Waals surface area contributed by atoms with Crippen LogP contribution in [0.15, 0.2) is 67.8 Å². The minimum Gasteiger partial charge on any atom is -0.496 e. The van der Waals surface area contributed by atoms with Gasteiger partial charge in [0.1, 0.15) is 41.2 Å². The van der Waals surface area contributed by atoms with Gasteiger partial charge in [0.2, 0.25) is 21.8 Å². The van der Waals surface area contributed by atoms with E-state index in [1.165, 1.54) is 77.8 Å². The number of halogens is 1. The number of amides is 1. The summed E-state index contributed by atoms with van der Waals surface area (Å²) in [5.74, 6) is -0.505. The molecule has 0 saturated heterocycles. The first-order chi connectivity index (χ1) is 45.5. The number of nitrogens with one attached hydrogen (secondary N) is 3. The molecule has 95 heavy (non-hydrogen) atoms. The SMILES string of the molecule is [C-]#[N+]c1c(C(=O)OC2C(C)CC(C)CC2C)c2nc(-c3cc(NS(=O)(=O)CCCCCCCCCCCC)ccc3OC)[nH]n2c1OC(=O)N(CC=C)CC=C.[C-]#[N+]c1c(C(=O)OC2C(C)CC(C)CC2C)c2nc(C(C=O)(CC)CC)[nH]n2c1OC(=O)c1ccccc1Cl. The fraction of sp³-hybridized carbons (Fsp3) is 0.535. The number of carbonyl (C=O) groups is 5. The van der Waals surface area contributed by atoms with Gasteiger partial charge in [0.05, 0.1) is 47.6 Å². The van der Waals surface area contributed by atoms with Crippen molar-refractivity contribution in [2.24, 2.45) is 35.5 Å². The number of hydrogen-bond acceptors (Lipinski definition) is 14. The van der Waals surface area contributed by atoms with E-state index in [4.69, 9.17) is 53.4 Å². The Hall–Kier alpha value is -8.41. The topological polar surface area (TPSA) is 256 Å². The molecular formula is C71H93ClN10O12S. The van der Waals surface area contributed by atoms with E-state index in [9.17, 15) is 32.4 Å². The van der Waals surface area contributed by atoms with E-state index in [-0.39, 0.29) is 111 Å². The third-order valence-corrected chi connectivity index (χ3v) is 20.1. The van der Waals surface area contributed by atoms with Crippen LogP contribution in [0.4, 0.5) is 21.9 Å². The number of nitrogens with zero attached hydrogens (tertiary/aromatic N) is 7. The van der Waals surface area contributed by atoms with Crippen LogP contribution in [0.1, 0.15) is 202 Å². The maximum absolute atomic E-state index is 14.1. The van der Waals surface area contributed by atoms with Gasteiger partial charge in [0.15, 0.2) is 17.1 Å². The van der Waals surface area contributed by atoms with E-state index in [1.807, 2.05) is 27.7 Å². The van der Waals surface area contributed by atoms with E-state index in [1.54, 1.807) is 36.4 Å². The number of benzene rings is 2. The van der Waals surface area contributed by atoms with Gasteiger partial charge in [-0.25, -0.2) is 56.3 Å². The van der Waals surface area contributed by atoms with Gasteiger partial charge < -0.3 is 33.4 Å². The standard InChI is InChI=1S/C42H60N6O7S.C29H33ClN4O5/c1-9-12-13-14-15-16-17-18-19-20-25-56(51,52)46-32-21-22-34(53-8)33(28-32)38-44-39-35(41(49)54-37-30(5)26-29(4)27-31(37)6)36(43-7)40(48(39)45-38)55-42(50)47(23-10-2)24-11-3;1-7-29(8-2,15-35)28-32-24-21(27(37)38-23-17(4)13-16(3)14-18(23)5)22(31-6)25(34(24)33-28)39-26(36)19-11-9-10-12-20(19)30/h10-11,21-22,28-31,37,46H,2-3,9,12-20,23-27H2,1,4-6,8H3,(H,44,45);9-12,15-18,23H,7-8,13-14H2,1-5H3,(H,32,33). The van der Waals surface area contributed by atoms with Crippen LogP contribution >= 0.6 is 11.6 Å². The van der Waals surface area contributed by atoms with Crippen LogP contribution in [-0.4, -0.2) is 111 Å². The maximum Gasteiger partial charge on any atom is 0.416 e. The summed E-state index contributed by atoms with van der Waals surface area (Å²) < 4.78 is 60.8. The van der Waals surface area contributed by atoms with Crippen LogP contribution < -0.4 is 18.9 Å². The van der Waals surface area contributed by atoms with Gasteiger partial charge in [0.25, 0.3) is 11.4 Å². The van der Waals surface area contributed by atoms with Crippen LogP contribution in [0.2, 0.25) is 5.02 Å². The highest BCUT2D eigenvalue weighted by Gasteiger charge is 2.41. The van der Waals surface area contributed by atoms with Crippen molar-refractivity contribution in [2.45, 2.75) is 183 Å². The zero-order valence-corrected chi connectivity index (χ0v) is 58.1. The van der Waals surface area contributed by atoms with Gasteiger partial charge in [-0.05, 0) is 111 Å². The average Bonchev–Trinajstić information content (AvgIpc) is 1.59. The second-order valence-electron chi connectivity index (χ2n) is 25.8.